The number of carboxylic acids is 1. The fourth-order valence-electron chi connectivity index (χ4n) is 4.20. The van der Waals surface area contributed by atoms with Gasteiger partial charge < -0.3 is 15.0 Å². The first kappa shape index (κ1) is 25.9. The topological polar surface area (TPSA) is 88.4 Å². The van der Waals surface area contributed by atoms with E-state index in [0.29, 0.717) is 30.4 Å². The Morgan fingerprint density at radius 2 is 1.83 bits per heavy atom. The Labute approximate surface area is 204 Å². The van der Waals surface area contributed by atoms with Crippen molar-refractivity contribution < 1.29 is 19.1 Å². The molecule has 2 aromatic carbocycles. The molecule has 1 amide bonds. The first-order chi connectivity index (χ1) is 16.8. The summed E-state index contributed by atoms with van der Waals surface area (Å²) in [7, 11) is 0. The van der Waals surface area contributed by atoms with Crippen molar-refractivity contribution >= 4 is 11.9 Å². The third-order valence-electron chi connectivity index (χ3n) is 5.91. The number of amides is 1. The summed E-state index contributed by atoms with van der Waals surface area (Å²) in [4.78, 5) is 38.4. The number of nitrogens with one attached hydrogen (secondary N) is 1. The molecule has 3 aromatic rings. The molecular weight excluding hydrogens is 447 g/mol. The SMILES string of the molecule is CCCCC(C(=O)N[C@@H](CC(=O)O)c1cccc(F)c1)n1cc(C)cc(Cc2ccccc2)c1=O. The number of unbranched alkanes of at least 4 members (excludes halogenated alkanes) is 1. The van der Waals surface area contributed by atoms with Crippen molar-refractivity contribution in [3.63, 3.8) is 0 Å². The minimum absolute atomic E-state index is 0.253. The largest absolute Gasteiger partial charge is 0.481 e. The minimum atomic E-state index is -1.12. The first-order valence-corrected chi connectivity index (χ1v) is 11.8. The van der Waals surface area contributed by atoms with Gasteiger partial charge in [-0.3, -0.25) is 14.4 Å². The van der Waals surface area contributed by atoms with E-state index in [1.165, 1.54) is 22.8 Å². The summed E-state index contributed by atoms with van der Waals surface area (Å²) in [6, 6.07) is 15.2. The van der Waals surface area contributed by atoms with E-state index in [0.717, 1.165) is 17.5 Å². The predicted octanol–water partition coefficient (Wildman–Crippen LogP) is 4.95. The molecule has 0 bridgehead atoms. The summed E-state index contributed by atoms with van der Waals surface area (Å²) in [6.45, 7) is 3.87. The molecule has 2 atom stereocenters. The molecule has 1 unspecified atom stereocenters. The van der Waals surface area contributed by atoms with Gasteiger partial charge in [-0.15, -0.1) is 0 Å². The van der Waals surface area contributed by atoms with Crippen LogP contribution in [0.5, 0.6) is 0 Å². The number of rotatable bonds is 11. The Bertz CT molecular complexity index is 1220. The minimum Gasteiger partial charge on any atom is -0.481 e. The average Bonchev–Trinajstić information content (AvgIpc) is 2.82. The maximum Gasteiger partial charge on any atom is 0.305 e. The van der Waals surface area contributed by atoms with Crippen LogP contribution in [-0.4, -0.2) is 21.6 Å². The van der Waals surface area contributed by atoms with Gasteiger partial charge in [0.25, 0.3) is 5.56 Å². The number of aromatic nitrogens is 1. The van der Waals surface area contributed by atoms with E-state index >= 15 is 0 Å². The van der Waals surface area contributed by atoms with E-state index in [4.69, 9.17) is 0 Å². The van der Waals surface area contributed by atoms with Gasteiger partial charge in [-0.1, -0.05) is 62.2 Å². The molecule has 0 aliphatic carbocycles. The number of carboxylic acid groups (broad SMARTS) is 1. The van der Waals surface area contributed by atoms with Crippen molar-refractivity contribution in [1.82, 2.24) is 9.88 Å². The number of benzene rings is 2. The monoisotopic (exact) mass is 478 g/mol. The van der Waals surface area contributed by atoms with Gasteiger partial charge in [-0.25, -0.2) is 4.39 Å². The Kier molecular flexibility index (Phi) is 8.95. The quantitative estimate of drug-likeness (QED) is 0.408. The molecule has 6 nitrogen and oxygen atoms in total. The van der Waals surface area contributed by atoms with Gasteiger partial charge in [0.1, 0.15) is 11.9 Å². The lowest BCUT2D eigenvalue weighted by Crippen LogP contribution is -2.40. The molecule has 1 heterocycles. The lowest BCUT2D eigenvalue weighted by Gasteiger charge is -2.24. The predicted molar refractivity (Wildman–Crippen MR) is 133 cm³/mol. The molecule has 0 radical (unpaired) electrons. The number of hydrogen-bond acceptors (Lipinski definition) is 3. The number of aliphatic carboxylic acids is 1. The molecule has 1 aromatic heterocycles. The summed E-state index contributed by atoms with van der Waals surface area (Å²) >= 11 is 0. The van der Waals surface area contributed by atoms with Crippen LogP contribution in [0, 0.1) is 12.7 Å². The molecule has 0 saturated heterocycles. The normalized spacial score (nSPS) is 12.7. The number of pyridine rings is 1. The van der Waals surface area contributed by atoms with Crippen molar-refractivity contribution in [1.29, 1.82) is 0 Å². The highest BCUT2D eigenvalue weighted by Crippen LogP contribution is 2.22. The van der Waals surface area contributed by atoms with E-state index in [9.17, 15) is 23.9 Å². The van der Waals surface area contributed by atoms with E-state index in [1.54, 1.807) is 12.3 Å². The summed E-state index contributed by atoms with van der Waals surface area (Å²) in [5.41, 5.74) is 2.52. The summed E-state index contributed by atoms with van der Waals surface area (Å²) < 4.78 is 15.3. The Morgan fingerprint density at radius 1 is 1.09 bits per heavy atom. The van der Waals surface area contributed by atoms with Gasteiger partial charge in [-0.2, -0.15) is 0 Å². The van der Waals surface area contributed by atoms with E-state index in [2.05, 4.69) is 5.32 Å². The number of hydrogen-bond donors (Lipinski definition) is 2. The molecule has 0 spiro atoms. The number of carbonyl (C=O) groups is 2. The van der Waals surface area contributed by atoms with Crippen LogP contribution in [0.15, 0.2) is 71.7 Å². The Hall–Kier alpha value is -3.74. The molecule has 0 saturated carbocycles. The van der Waals surface area contributed by atoms with Crippen LogP contribution in [0.25, 0.3) is 0 Å². The van der Waals surface area contributed by atoms with Crippen LogP contribution in [0.1, 0.15) is 66.9 Å². The third-order valence-corrected chi connectivity index (χ3v) is 5.91. The molecule has 35 heavy (non-hydrogen) atoms. The van der Waals surface area contributed by atoms with Crippen molar-refractivity contribution in [3.8, 4) is 0 Å². The zero-order valence-electron chi connectivity index (χ0n) is 20.0. The third kappa shape index (κ3) is 7.12. The first-order valence-electron chi connectivity index (χ1n) is 11.8. The molecule has 3 rings (SSSR count). The molecule has 2 N–H and O–H groups in total. The van der Waals surface area contributed by atoms with Gasteiger partial charge in [0, 0.05) is 18.2 Å². The van der Waals surface area contributed by atoms with E-state index in [-0.39, 0.29) is 5.56 Å². The van der Waals surface area contributed by atoms with E-state index < -0.39 is 36.2 Å². The number of aryl methyl sites for hydroxylation is 1. The Balaban J connectivity index is 1.96. The summed E-state index contributed by atoms with van der Waals surface area (Å²) in [5.74, 6) is -2.11. The fourth-order valence-corrected chi connectivity index (χ4v) is 4.20. The smallest absolute Gasteiger partial charge is 0.305 e. The van der Waals surface area contributed by atoms with Gasteiger partial charge >= 0.3 is 5.97 Å². The van der Waals surface area contributed by atoms with Gasteiger partial charge in [0.15, 0.2) is 0 Å². The highest BCUT2D eigenvalue weighted by Gasteiger charge is 2.26. The van der Waals surface area contributed by atoms with Crippen LogP contribution in [0.4, 0.5) is 4.39 Å². The van der Waals surface area contributed by atoms with Crippen LogP contribution in [0.3, 0.4) is 0 Å². The lowest BCUT2D eigenvalue weighted by molar-refractivity contribution is -0.138. The fraction of sp³-hybridized carbons (Fsp3) is 0.321. The molecule has 7 heteroatoms. The van der Waals surface area contributed by atoms with Crippen molar-refractivity contribution in [3.05, 3.63) is 105 Å². The van der Waals surface area contributed by atoms with Gasteiger partial charge in [-0.05, 0) is 48.2 Å². The highest BCUT2D eigenvalue weighted by molar-refractivity contribution is 5.81. The van der Waals surface area contributed by atoms with Crippen molar-refractivity contribution in [2.45, 2.75) is 58.0 Å². The van der Waals surface area contributed by atoms with Gasteiger partial charge in [0.2, 0.25) is 5.91 Å². The second-order valence-corrected chi connectivity index (χ2v) is 8.79. The summed E-state index contributed by atoms with van der Waals surface area (Å²) in [5, 5.41) is 12.2. The molecule has 184 valence electrons. The van der Waals surface area contributed by atoms with Crippen molar-refractivity contribution in [2.24, 2.45) is 0 Å². The maximum atomic E-state index is 13.8. The summed E-state index contributed by atoms with van der Waals surface area (Å²) in [6.07, 6.45) is 3.65. The number of carbonyl (C=O) groups excluding carboxylic acids is 1. The molecule has 0 aliphatic heterocycles. The van der Waals surface area contributed by atoms with E-state index in [1.807, 2.05) is 50.2 Å². The molecule has 0 aliphatic rings. The zero-order chi connectivity index (χ0) is 25.4. The standard InChI is InChI=1S/C28H31FN2O4/c1-3-4-13-25(27(34)30-24(17-26(32)33)21-11-8-12-23(29)16-21)31-18-19(2)14-22(28(31)35)15-20-9-6-5-7-10-20/h5-12,14,16,18,24-25H,3-4,13,15,17H2,1-2H3,(H,30,34)(H,32,33)/t24-,25?/m0/s1. The highest BCUT2D eigenvalue weighted by atomic mass is 19.1. The average molecular weight is 479 g/mol. The number of halogens is 1. The van der Waals surface area contributed by atoms with Crippen LogP contribution < -0.4 is 10.9 Å². The van der Waals surface area contributed by atoms with Gasteiger partial charge in [0.05, 0.1) is 12.5 Å². The van der Waals surface area contributed by atoms with Crippen LogP contribution >= 0.6 is 0 Å². The zero-order valence-corrected chi connectivity index (χ0v) is 20.0. The molecular formula is C28H31FN2O4. The van der Waals surface area contributed by atoms with Crippen LogP contribution in [-0.2, 0) is 16.0 Å². The van der Waals surface area contributed by atoms with Crippen LogP contribution in [0.2, 0.25) is 0 Å². The molecule has 0 fully saturated rings. The number of nitrogens with zero attached hydrogens (tertiary/aromatic N) is 1. The Morgan fingerprint density at radius 3 is 2.49 bits per heavy atom. The van der Waals surface area contributed by atoms with Crippen molar-refractivity contribution in [2.75, 3.05) is 0 Å². The lowest BCUT2D eigenvalue weighted by atomic mass is 10.0. The maximum absolute atomic E-state index is 13.8. The second-order valence-electron chi connectivity index (χ2n) is 8.79. The second kappa shape index (κ2) is 12.1.